The predicted octanol–water partition coefficient (Wildman–Crippen LogP) is 1.88. The molecule has 0 amide bonds. The minimum Gasteiger partial charge on any atom is -0.465 e. The third kappa shape index (κ3) is 4.71. The first-order valence-electron chi connectivity index (χ1n) is 6.99. The van der Waals surface area contributed by atoms with Gasteiger partial charge >= 0.3 is 5.97 Å². The summed E-state index contributed by atoms with van der Waals surface area (Å²) in [5, 5.41) is 0. The molecule has 130 valence electrons. The van der Waals surface area contributed by atoms with E-state index in [1.54, 1.807) is 25.1 Å². The highest BCUT2D eigenvalue weighted by Gasteiger charge is 2.52. The van der Waals surface area contributed by atoms with Crippen LogP contribution >= 0.6 is 15.9 Å². The molecule has 1 atom stereocenters. The second-order valence-corrected chi connectivity index (χ2v) is 5.41. The molecule has 0 saturated carbocycles. The molecule has 8 heteroatoms. The van der Waals surface area contributed by atoms with Crippen molar-refractivity contribution < 1.29 is 28.5 Å². The van der Waals surface area contributed by atoms with Crippen molar-refractivity contribution in [2.24, 2.45) is 0 Å². The van der Waals surface area contributed by atoms with E-state index < -0.39 is 17.7 Å². The molecule has 1 aromatic heterocycles. The lowest BCUT2D eigenvalue weighted by atomic mass is 9.83. The highest BCUT2D eigenvalue weighted by atomic mass is 79.9. The van der Waals surface area contributed by atoms with Crippen molar-refractivity contribution in [1.29, 1.82) is 0 Å². The minimum absolute atomic E-state index is 0.00923. The number of methoxy groups -OCH3 is 3. The van der Waals surface area contributed by atoms with Crippen molar-refractivity contribution >= 4 is 21.9 Å². The summed E-state index contributed by atoms with van der Waals surface area (Å²) in [5.74, 6) is -0.546. The largest absolute Gasteiger partial charge is 0.465 e. The molecule has 0 aromatic carbocycles. The van der Waals surface area contributed by atoms with Crippen molar-refractivity contribution in [2.75, 3.05) is 41.3 Å². The predicted molar refractivity (Wildman–Crippen MR) is 85.9 cm³/mol. The fourth-order valence-corrected chi connectivity index (χ4v) is 2.57. The lowest BCUT2D eigenvalue weighted by molar-refractivity contribution is -0.199. The van der Waals surface area contributed by atoms with Crippen LogP contribution in [0.4, 0.5) is 0 Å². The summed E-state index contributed by atoms with van der Waals surface area (Å²) in [6, 6.07) is 5.21. The van der Waals surface area contributed by atoms with Gasteiger partial charge in [0.15, 0.2) is 11.7 Å². The number of nitrogens with zero attached hydrogens (tertiary/aromatic N) is 1. The van der Waals surface area contributed by atoms with E-state index in [1.807, 2.05) is 0 Å². The van der Waals surface area contributed by atoms with E-state index in [2.05, 4.69) is 20.9 Å². The molecule has 0 radical (unpaired) electrons. The second kappa shape index (κ2) is 9.94. The number of hydrogen-bond acceptors (Lipinski definition) is 7. The molecule has 0 saturated heterocycles. The molecular formula is C15H22BrNO6. The van der Waals surface area contributed by atoms with Crippen LogP contribution in [-0.4, -0.2) is 58.6 Å². The van der Waals surface area contributed by atoms with Gasteiger partial charge in [0.05, 0.1) is 18.9 Å². The van der Waals surface area contributed by atoms with Crippen LogP contribution in [0.25, 0.3) is 0 Å². The Morgan fingerprint density at radius 1 is 1.30 bits per heavy atom. The Morgan fingerprint density at radius 2 is 2.00 bits per heavy atom. The summed E-state index contributed by atoms with van der Waals surface area (Å²) in [4.78, 5) is 17.2. The number of esters is 1. The van der Waals surface area contributed by atoms with Crippen LogP contribution in [0.15, 0.2) is 22.8 Å². The molecule has 0 bridgehead atoms. The highest BCUT2D eigenvalue weighted by Crippen LogP contribution is 2.32. The Hall–Kier alpha value is -1.06. The number of hydrogen-bond donors (Lipinski definition) is 0. The molecular weight excluding hydrogens is 370 g/mol. The fraction of sp³-hybridized carbons (Fsp3) is 0.600. The van der Waals surface area contributed by atoms with Gasteiger partial charge < -0.3 is 23.7 Å². The van der Waals surface area contributed by atoms with E-state index >= 15 is 0 Å². The zero-order chi connectivity index (χ0) is 17.3. The first-order chi connectivity index (χ1) is 11.1. The average molecular weight is 392 g/mol. The highest BCUT2D eigenvalue weighted by molar-refractivity contribution is 9.10. The van der Waals surface area contributed by atoms with E-state index in [4.69, 9.17) is 23.7 Å². The zero-order valence-corrected chi connectivity index (χ0v) is 15.3. The third-order valence-corrected chi connectivity index (χ3v) is 3.61. The van der Waals surface area contributed by atoms with Crippen LogP contribution in [0.1, 0.15) is 12.6 Å². The normalized spacial score (nSPS) is 13.8. The van der Waals surface area contributed by atoms with Crippen LogP contribution in [0.2, 0.25) is 0 Å². The Labute approximate surface area is 144 Å². The van der Waals surface area contributed by atoms with Crippen LogP contribution in [0.5, 0.6) is 0 Å². The number of carbonyl (C=O) groups excluding carboxylic acids is 1. The van der Waals surface area contributed by atoms with Gasteiger partial charge in [0.2, 0.25) is 0 Å². The Bertz CT molecular complexity index is 497. The van der Waals surface area contributed by atoms with Crippen LogP contribution in [-0.2, 0) is 33.9 Å². The van der Waals surface area contributed by atoms with Crippen molar-refractivity contribution in [2.45, 2.75) is 18.6 Å². The molecule has 7 nitrogen and oxygen atoms in total. The van der Waals surface area contributed by atoms with Crippen LogP contribution in [0, 0.1) is 0 Å². The van der Waals surface area contributed by atoms with E-state index in [0.29, 0.717) is 10.3 Å². The van der Waals surface area contributed by atoms with Gasteiger partial charge in [-0.05, 0) is 35.0 Å². The number of aromatic nitrogens is 1. The van der Waals surface area contributed by atoms with Gasteiger partial charge in [-0.15, -0.1) is 0 Å². The molecule has 0 aliphatic rings. The maximum atomic E-state index is 12.8. The number of halogens is 1. The Balaban J connectivity index is 3.40. The monoisotopic (exact) mass is 391 g/mol. The van der Waals surface area contributed by atoms with E-state index in [1.165, 1.54) is 21.3 Å². The van der Waals surface area contributed by atoms with Crippen LogP contribution < -0.4 is 0 Å². The smallest absolute Gasteiger partial charge is 0.325 e. The van der Waals surface area contributed by atoms with Gasteiger partial charge in [0, 0.05) is 21.3 Å². The van der Waals surface area contributed by atoms with Gasteiger partial charge in [0.25, 0.3) is 0 Å². The second-order valence-electron chi connectivity index (χ2n) is 4.60. The SMILES string of the molecule is CCOC(=O)C(COCOC)(c1cccc(Br)n1)C(OC)OC. The Morgan fingerprint density at radius 3 is 2.52 bits per heavy atom. The molecule has 1 heterocycles. The van der Waals surface area contributed by atoms with Gasteiger partial charge in [-0.3, -0.25) is 4.79 Å². The van der Waals surface area contributed by atoms with E-state index in [0.717, 1.165) is 0 Å². The summed E-state index contributed by atoms with van der Waals surface area (Å²) in [6.07, 6.45) is -0.944. The molecule has 23 heavy (non-hydrogen) atoms. The molecule has 0 N–H and O–H groups in total. The fourth-order valence-electron chi connectivity index (χ4n) is 2.22. The molecule has 0 aliphatic carbocycles. The van der Waals surface area contributed by atoms with Crippen LogP contribution in [0.3, 0.4) is 0 Å². The summed E-state index contributed by atoms with van der Waals surface area (Å²) < 4.78 is 26.9. The van der Waals surface area contributed by atoms with Crippen molar-refractivity contribution in [3.05, 3.63) is 28.5 Å². The lowest BCUT2D eigenvalue weighted by Gasteiger charge is -2.35. The topological polar surface area (TPSA) is 76.1 Å². The first-order valence-corrected chi connectivity index (χ1v) is 7.78. The summed E-state index contributed by atoms with van der Waals surface area (Å²) in [7, 11) is 4.38. The third-order valence-electron chi connectivity index (χ3n) is 3.17. The lowest BCUT2D eigenvalue weighted by Crippen LogP contribution is -2.53. The van der Waals surface area contributed by atoms with Gasteiger partial charge in [-0.2, -0.15) is 0 Å². The maximum absolute atomic E-state index is 12.8. The van der Waals surface area contributed by atoms with Crippen molar-refractivity contribution in [1.82, 2.24) is 4.98 Å². The van der Waals surface area contributed by atoms with Gasteiger partial charge in [0.1, 0.15) is 11.4 Å². The van der Waals surface area contributed by atoms with Gasteiger partial charge in [-0.25, -0.2) is 4.98 Å². The molecule has 0 fully saturated rings. The summed E-state index contributed by atoms with van der Waals surface area (Å²) in [5.41, 5.74) is -0.975. The molecule has 1 rings (SSSR count). The quantitative estimate of drug-likeness (QED) is 0.261. The maximum Gasteiger partial charge on any atom is 0.325 e. The summed E-state index contributed by atoms with van der Waals surface area (Å²) in [6.45, 7) is 1.87. The first kappa shape index (κ1) is 20.0. The van der Waals surface area contributed by atoms with Gasteiger partial charge in [-0.1, -0.05) is 6.07 Å². The number of pyridine rings is 1. The molecule has 0 spiro atoms. The van der Waals surface area contributed by atoms with Crippen molar-refractivity contribution in [3.8, 4) is 0 Å². The van der Waals surface area contributed by atoms with E-state index in [9.17, 15) is 4.79 Å². The van der Waals surface area contributed by atoms with Crippen molar-refractivity contribution in [3.63, 3.8) is 0 Å². The standard InChI is InChI=1S/C15H22BrNO6/c1-5-23-13(18)15(9-22-10-19-2,14(20-3)21-4)11-7-6-8-12(16)17-11/h6-8,14H,5,9-10H2,1-4H3. The summed E-state index contributed by atoms with van der Waals surface area (Å²) >= 11 is 3.31. The van der Waals surface area contributed by atoms with E-state index in [-0.39, 0.29) is 20.0 Å². The average Bonchev–Trinajstić information content (AvgIpc) is 2.54. The zero-order valence-electron chi connectivity index (χ0n) is 13.7. The minimum atomic E-state index is -1.39. The number of carbonyl (C=O) groups is 1. The molecule has 1 unspecified atom stereocenters. The number of ether oxygens (including phenoxy) is 5. The Kier molecular flexibility index (Phi) is 8.64. The molecule has 0 aliphatic heterocycles. The number of rotatable bonds is 10. The molecule has 1 aromatic rings.